The van der Waals surface area contributed by atoms with Crippen LogP contribution in [0.4, 0.5) is 0 Å². The fraction of sp³-hybridized carbons (Fsp3) is 0.278. The van der Waals surface area contributed by atoms with Gasteiger partial charge in [-0.1, -0.05) is 53.2 Å². The van der Waals surface area contributed by atoms with Crippen LogP contribution in [0.5, 0.6) is 11.5 Å². The van der Waals surface area contributed by atoms with Gasteiger partial charge in [-0.15, -0.1) is 5.10 Å². The number of methoxy groups -OCH3 is 1. The number of benzene rings is 2. The molecular weight excluding hydrogens is 423 g/mol. The average Bonchev–Trinajstić information content (AvgIpc) is 3.13. The fourth-order valence-electron chi connectivity index (χ4n) is 2.32. The molecular formula is C18H18Cl2N4O3S. The second kappa shape index (κ2) is 9.97. The quantitative estimate of drug-likeness (QED) is 0.509. The number of aliphatic hydroxyl groups is 1. The lowest BCUT2D eigenvalue weighted by Crippen LogP contribution is -2.20. The Hall–Kier alpha value is -2.00. The Morgan fingerprint density at radius 1 is 1.14 bits per heavy atom. The van der Waals surface area contributed by atoms with Crippen molar-refractivity contribution in [2.45, 2.75) is 17.8 Å². The molecule has 0 radical (unpaired) electrons. The number of aromatic nitrogens is 4. The first-order chi connectivity index (χ1) is 13.6. The van der Waals surface area contributed by atoms with Gasteiger partial charge in [0.25, 0.3) is 0 Å². The highest BCUT2D eigenvalue weighted by atomic mass is 35.5. The van der Waals surface area contributed by atoms with Crippen LogP contribution in [-0.2, 0) is 6.54 Å². The van der Waals surface area contributed by atoms with Crippen molar-refractivity contribution in [3.8, 4) is 11.5 Å². The Morgan fingerprint density at radius 3 is 2.54 bits per heavy atom. The fourth-order valence-corrected chi connectivity index (χ4v) is 3.61. The normalized spacial score (nSPS) is 12.0. The number of rotatable bonds is 9. The molecule has 1 atom stereocenters. The van der Waals surface area contributed by atoms with Crippen LogP contribution in [0.15, 0.2) is 47.6 Å². The standard InChI is InChI=1S/C18H18Cl2N4O3S/c1-26-14-7-5-12(6-8-14)9-24-18(21-22-23-24)28-11-13(25)10-27-17-15(19)3-2-4-16(17)20/h2-8,13,25H,9-11H2,1H3/t13-/m0/s1. The molecule has 0 saturated heterocycles. The molecule has 1 N–H and O–H groups in total. The maximum Gasteiger partial charge on any atom is 0.209 e. The van der Waals surface area contributed by atoms with Crippen molar-refractivity contribution >= 4 is 35.0 Å². The first-order valence-corrected chi connectivity index (χ1v) is 10.1. The van der Waals surface area contributed by atoms with Crippen molar-refractivity contribution in [1.29, 1.82) is 0 Å². The highest BCUT2D eigenvalue weighted by molar-refractivity contribution is 7.99. The van der Waals surface area contributed by atoms with E-state index in [9.17, 15) is 5.11 Å². The molecule has 28 heavy (non-hydrogen) atoms. The van der Waals surface area contributed by atoms with E-state index in [0.29, 0.717) is 33.2 Å². The first kappa shape index (κ1) is 20.7. The number of thioether (sulfide) groups is 1. The summed E-state index contributed by atoms with van der Waals surface area (Å²) < 4.78 is 12.4. The van der Waals surface area contributed by atoms with Crippen LogP contribution in [0.1, 0.15) is 5.56 Å². The predicted molar refractivity (Wildman–Crippen MR) is 109 cm³/mol. The summed E-state index contributed by atoms with van der Waals surface area (Å²) in [5, 5.41) is 23.3. The molecule has 0 spiro atoms. The third kappa shape index (κ3) is 5.51. The SMILES string of the molecule is COc1ccc(Cn2nnnc2SC[C@@H](O)COc2c(Cl)cccc2Cl)cc1. The Bertz CT molecular complexity index is 888. The second-order valence-corrected chi connectivity index (χ2v) is 7.60. The van der Waals surface area contributed by atoms with Gasteiger partial charge in [0.2, 0.25) is 5.16 Å². The summed E-state index contributed by atoms with van der Waals surface area (Å²) in [4.78, 5) is 0. The minimum atomic E-state index is -0.747. The Labute approximate surface area is 176 Å². The van der Waals surface area contributed by atoms with Crippen molar-refractivity contribution < 1.29 is 14.6 Å². The van der Waals surface area contributed by atoms with E-state index in [1.54, 1.807) is 30.0 Å². The zero-order chi connectivity index (χ0) is 19.9. The predicted octanol–water partition coefficient (Wildman–Crippen LogP) is 3.57. The molecule has 3 aromatic rings. The third-order valence-corrected chi connectivity index (χ3v) is 5.43. The van der Waals surface area contributed by atoms with E-state index in [4.69, 9.17) is 32.7 Å². The molecule has 3 rings (SSSR count). The van der Waals surface area contributed by atoms with Crippen LogP contribution in [-0.4, -0.2) is 50.9 Å². The second-order valence-electron chi connectivity index (χ2n) is 5.79. The van der Waals surface area contributed by atoms with E-state index in [0.717, 1.165) is 11.3 Å². The summed E-state index contributed by atoms with van der Waals surface area (Å²) in [7, 11) is 1.62. The average molecular weight is 441 g/mol. The number of ether oxygens (including phenoxy) is 2. The Kier molecular flexibility index (Phi) is 7.38. The molecule has 1 aromatic heterocycles. The van der Waals surface area contributed by atoms with Crippen LogP contribution < -0.4 is 9.47 Å². The van der Waals surface area contributed by atoms with Gasteiger partial charge in [-0.25, -0.2) is 4.68 Å². The Morgan fingerprint density at radius 2 is 1.86 bits per heavy atom. The van der Waals surface area contributed by atoms with E-state index in [1.165, 1.54) is 11.8 Å². The van der Waals surface area contributed by atoms with Crippen LogP contribution in [0.3, 0.4) is 0 Å². The van der Waals surface area contributed by atoms with E-state index in [-0.39, 0.29) is 6.61 Å². The maximum atomic E-state index is 10.2. The van der Waals surface area contributed by atoms with Gasteiger partial charge < -0.3 is 14.6 Å². The number of nitrogens with zero attached hydrogens (tertiary/aromatic N) is 4. The summed E-state index contributed by atoms with van der Waals surface area (Å²) in [6, 6.07) is 12.7. The molecule has 10 heteroatoms. The van der Waals surface area contributed by atoms with E-state index in [2.05, 4.69) is 15.5 Å². The van der Waals surface area contributed by atoms with Crippen LogP contribution in [0.2, 0.25) is 10.0 Å². The lowest BCUT2D eigenvalue weighted by Gasteiger charge is -2.14. The molecule has 0 fully saturated rings. The lowest BCUT2D eigenvalue weighted by molar-refractivity contribution is 0.126. The zero-order valence-corrected chi connectivity index (χ0v) is 17.3. The van der Waals surface area contributed by atoms with Gasteiger partial charge in [0.1, 0.15) is 12.4 Å². The molecule has 0 aliphatic heterocycles. The monoisotopic (exact) mass is 440 g/mol. The number of hydrogen-bond donors (Lipinski definition) is 1. The Balaban J connectivity index is 1.52. The van der Waals surface area contributed by atoms with Gasteiger partial charge in [-0.05, 0) is 40.3 Å². The highest BCUT2D eigenvalue weighted by Gasteiger charge is 2.14. The largest absolute Gasteiger partial charge is 0.497 e. The molecule has 0 unspecified atom stereocenters. The first-order valence-electron chi connectivity index (χ1n) is 8.33. The van der Waals surface area contributed by atoms with Crippen molar-refractivity contribution in [2.75, 3.05) is 19.5 Å². The van der Waals surface area contributed by atoms with Crippen LogP contribution in [0, 0.1) is 0 Å². The molecule has 2 aromatic carbocycles. The summed E-state index contributed by atoms with van der Waals surface area (Å²) in [5.74, 6) is 1.50. The van der Waals surface area contributed by atoms with Crippen molar-refractivity contribution in [1.82, 2.24) is 20.2 Å². The van der Waals surface area contributed by atoms with Crippen molar-refractivity contribution in [3.63, 3.8) is 0 Å². The zero-order valence-electron chi connectivity index (χ0n) is 15.0. The number of halogens is 2. The van der Waals surface area contributed by atoms with E-state index >= 15 is 0 Å². The number of tetrazole rings is 1. The summed E-state index contributed by atoms with van der Waals surface area (Å²) >= 11 is 13.4. The van der Waals surface area contributed by atoms with Gasteiger partial charge in [-0.3, -0.25) is 0 Å². The topological polar surface area (TPSA) is 82.3 Å². The number of para-hydroxylation sites is 1. The summed E-state index contributed by atoms with van der Waals surface area (Å²) in [6.45, 7) is 0.567. The third-order valence-electron chi connectivity index (χ3n) is 3.73. The van der Waals surface area contributed by atoms with Gasteiger partial charge in [-0.2, -0.15) is 0 Å². The molecule has 0 bridgehead atoms. The minimum Gasteiger partial charge on any atom is -0.497 e. The maximum absolute atomic E-state index is 10.2. The van der Waals surface area contributed by atoms with Crippen LogP contribution in [0.25, 0.3) is 0 Å². The van der Waals surface area contributed by atoms with E-state index < -0.39 is 6.10 Å². The molecule has 0 amide bonds. The molecule has 1 heterocycles. The molecule has 148 valence electrons. The van der Waals surface area contributed by atoms with E-state index in [1.807, 2.05) is 24.3 Å². The molecule has 0 saturated carbocycles. The number of aliphatic hydroxyl groups excluding tert-OH is 1. The molecule has 0 aliphatic rings. The van der Waals surface area contributed by atoms with Gasteiger partial charge in [0.15, 0.2) is 5.75 Å². The number of hydrogen-bond acceptors (Lipinski definition) is 7. The molecule has 0 aliphatic carbocycles. The van der Waals surface area contributed by atoms with Crippen LogP contribution >= 0.6 is 35.0 Å². The summed E-state index contributed by atoms with van der Waals surface area (Å²) in [5.41, 5.74) is 1.03. The highest BCUT2D eigenvalue weighted by Crippen LogP contribution is 2.32. The lowest BCUT2D eigenvalue weighted by atomic mass is 10.2. The smallest absolute Gasteiger partial charge is 0.209 e. The van der Waals surface area contributed by atoms with Gasteiger partial charge in [0.05, 0.1) is 29.8 Å². The van der Waals surface area contributed by atoms with Gasteiger partial charge >= 0.3 is 0 Å². The minimum absolute atomic E-state index is 0.0521. The van der Waals surface area contributed by atoms with Gasteiger partial charge in [0, 0.05) is 5.75 Å². The van der Waals surface area contributed by atoms with Crippen molar-refractivity contribution in [2.24, 2.45) is 0 Å². The molecule has 7 nitrogen and oxygen atoms in total. The van der Waals surface area contributed by atoms with Crippen molar-refractivity contribution in [3.05, 3.63) is 58.1 Å². The summed E-state index contributed by atoms with van der Waals surface area (Å²) in [6.07, 6.45) is -0.747.